The molecule has 0 aromatic heterocycles. The average molecular weight is 126 g/mol. The van der Waals surface area contributed by atoms with Crippen LogP contribution in [-0.4, -0.2) is 19.5 Å². The van der Waals surface area contributed by atoms with Crippen molar-refractivity contribution in [3.05, 3.63) is 11.8 Å². The summed E-state index contributed by atoms with van der Waals surface area (Å²) >= 11 is 0. The van der Waals surface area contributed by atoms with Gasteiger partial charge in [0, 0.05) is 6.54 Å². The van der Waals surface area contributed by atoms with Gasteiger partial charge in [0.25, 0.3) is 0 Å². The molecule has 2 rings (SSSR count). The Morgan fingerprint density at radius 1 is 1.67 bits per heavy atom. The van der Waals surface area contributed by atoms with Crippen LogP contribution in [0.1, 0.15) is 6.42 Å². The first kappa shape index (κ1) is 5.26. The Morgan fingerprint density at radius 2 is 2.67 bits per heavy atom. The van der Waals surface area contributed by atoms with E-state index < -0.39 is 0 Å². The molecule has 0 aromatic rings. The quantitative estimate of drug-likeness (QED) is 0.470. The lowest BCUT2D eigenvalue weighted by atomic mass is 10.2. The molecule has 1 unspecified atom stereocenters. The predicted molar refractivity (Wildman–Crippen MR) is 33.6 cm³/mol. The van der Waals surface area contributed by atoms with Crippen LogP contribution in [0.4, 0.5) is 0 Å². The van der Waals surface area contributed by atoms with Crippen LogP contribution in [0.5, 0.6) is 0 Å². The third kappa shape index (κ3) is 0.821. The molecule has 2 aliphatic heterocycles. The number of nitrogens with one attached hydrogen (secondary N) is 2. The van der Waals surface area contributed by atoms with Gasteiger partial charge in [-0.05, 0) is 6.42 Å². The summed E-state index contributed by atoms with van der Waals surface area (Å²) in [5, 5.41) is 6.36. The maximum Gasteiger partial charge on any atom is 0.150 e. The van der Waals surface area contributed by atoms with Gasteiger partial charge >= 0.3 is 0 Å². The van der Waals surface area contributed by atoms with Crippen molar-refractivity contribution in [3.8, 4) is 0 Å². The molecule has 2 aliphatic rings. The maximum atomic E-state index is 5.27. The Hall–Kier alpha value is -0.540. The molecule has 50 valence electrons. The first-order valence-electron chi connectivity index (χ1n) is 3.26. The van der Waals surface area contributed by atoms with Crippen molar-refractivity contribution in [2.45, 2.75) is 12.6 Å². The number of hydrogen-bond donors (Lipinski definition) is 2. The van der Waals surface area contributed by atoms with E-state index in [-0.39, 0.29) is 6.23 Å². The van der Waals surface area contributed by atoms with E-state index in [2.05, 4.69) is 16.7 Å². The highest BCUT2D eigenvalue weighted by Crippen LogP contribution is 2.11. The summed E-state index contributed by atoms with van der Waals surface area (Å²) < 4.78 is 5.27. The van der Waals surface area contributed by atoms with Crippen LogP contribution in [0, 0.1) is 0 Å². The zero-order chi connectivity index (χ0) is 6.10. The van der Waals surface area contributed by atoms with Gasteiger partial charge in [-0.15, -0.1) is 0 Å². The average Bonchev–Trinajstić information content (AvgIpc) is 2.33. The number of hydrogen-bond acceptors (Lipinski definition) is 3. The summed E-state index contributed by atoms with van der Waals surface area (Å²) in [7, 11) is 0. The van der Waals surface area contributed by atoms with Crippen molar-refractivity contribution in [2.24, 2.45) is 0 Å². The summed E-state index contributed by atoms with van der Waals surface area (Å²) in [5.74, 6) is 0. The van der Waals surface area contributed by atoms with Gasteiger partial charge < -0.3 is 10.1 Å². The fraction of sp³-hybridized carbons (Fsp3) is 0.667. The molecule has 0 spiro atoms. The standard InChI is InChI=1S/C6H10N2O/c1-2-5-6(7-3-1)9-4-8-5/h2,6-8H,1,3-4H2. The van der Waals surface area contributed by atoms with E-state index >= 15 is 0 Å². The molecular formula is C6H10N2O. The van der Waals surface area contributed by atoms with Gasteiger partial charge in [0.05, 0.1) is 5.70 Å². The SMILES string of the molecule is C1=C2NCOC2NCC1. The summed E-state index contributed by atoms with van der Waals surface area (Å²) in [5.41, 5.74) is 1.21. The zero-order valence-electron chi connectivity index (χ0n) is 5.18. The van der Waals surface area contributed by atoms with Gasteiger partial charge in [0.1, 0.15) is 6.73 Å². The van der Waals surface area contributed by atoms with Gasteiger partial charge in [-0.2, -0.15) is 0 Å². The number of fused-ring (bicyclic) bond motifs is 1. The second-order valence-electron chi connectivity index (χ2n) is 2.27. The van der Waals surface area contributed by atoms with E-state index in [0.29, 0.717) is 6.73 Å². The molecule has 1 fully saturated rings. The third-order valence-corrected chi connectivity index (χ3v) is 1.65. The van der Waals surface area contributed by atoms with Crippen LogP contribution in [-0.2, 0) is 4.74 Å². The normalized spacial score (nSPS) is 32.9. The van der Waals surface area contributed by atoms with Crippen molar-refractivity contribution in [2.75, 3.05) is 13.3 Å². The molecule has 0 aliphatic carbocycles. The summed E-state index contributed by atoms with van der Waals surface area (Å²) in [6.45, 7) is 1.69. The van der Waals surface area contributed by atoms with Gasteiger partial charge in [0.15, 0.2) is 6.23 Å². The molecule has 3 heteroatoms. The van der Waals surface area contributed by atoms with E-state index in [1.54, 1.807) is 0 Å². The van der Waals surface area contributed by atoms with E-state index in [1.165, 1.54) is 5.70 Å². The van der Waals surface area contributed by atoms with Crippen LogP contribution in [0.15, 0.2) is 11.8 Å². The molecule has 3 nitrogen and oxygen atoms in total. The largest absolute Gasteiger partial charge is 0.363 e. The summed E-state index contributed by atoms with van der Waals surface area (Å²) in [6, 6.07) is 0. The fourth-order valence-electron chi connectivity index (χ4n) is 1.18. The molecule has 0 saturated carbocycles. The molecule has 0 aromatic carbocycles. The number of rotatable bonds is 0. The Morgan fingerprint density at radius 3 is 3.56 bits per heavy atom. The Labute approximate surface area is 54.1 Å². The van der Waals surface area contributed by atoms with Crippen LogP contribution >= 0.6 is 0 Å². The van der Waals surface area contributed by atoms with E-state index in [1.807, 2.05) is 0 Å². The van der Waals surface area contributed by atoms with Gasteiger partial charge in [-0.1, -0.05) is 6.08 Å². The van der Waals surface area contributed by atoms with Crippen LogP contribution in [0.2, 0.25) is 0 Å². The lowest BCUT2D eigenvalue weighted by molar-refractivity contribution is 0.0937. The van der Waals surface area contributed by atoms with Gasteiger partial charge in [-0.25, -0.2) is 0 Å². The smallest absolute Gasteiger partial charge is 0.150 e. The van der Waals surface area contributed by atoms with Crippen LogP contribution in [0.3, 0.4) is 0 Å². The highest BCUT2D eigenvalue weighted by atomic mass is 16.5. The lowest BCUT2D eigenvalue weighted by Gasteiger charge is -2.16. The Balaban J connectivity index is 2.16. The first-order chi connectivity index (χ1) is 4.47. The topological polar surface area (TPSA) is 33.3 Å². The monoisotopic (exact) mass is 126 g/mol. The molecule has 1 atom stereocenters. The van der Waals surface area contributed by atoms with Crippen molar-refractivity contribution < 1.29 is 4.74 Å². The Kier molecular flexibility index (Phi) is 1.17. The Bertz CT molecular complexity index is 144. The molecule has 0 amide bonds. The van der Waals surface area contributed by atoms with Crippen LogP contribution in [0.25, 0.3) is 0 Å². The fourth-order valence-corrected chi connectivity index (χ4v) is 1.18. The molecule has 2 heterocycles. The second-order valence-corrected chi connectivity index (χ2v) is 2.27. The van der Waals surface area contributed by atoms with E-state index in [4.69, 9.17) is 4.74 Å². The zero-order valence-corrected chi connectivity index (χ0v) is 5.18. The minimum Gasteiger partial charge on any atom is -0.363 e. The molecular weight excluding hydrogens is 116 g/mol. The van der Waals surface area contributed by atoms with Crippen LogP contribution < -0.4 is 10.6 Å². The molecule has 1 saturated heterocycles. The summed E-state index contributed by atoms with van der Waals surface area (Å²) in [4.78, 5) is 0. The van der Waals surface area contributed by atoms with Gasteiger partial charge in [0.2, 0.25) is 0 Å². The van der Waals surface area contributed by atoms with Crippen molar-refractivity contribution in [1.29, 1.82) is 0 Å². The second kappa shape index (κ2) is 2.01. The minimum atomic E-state index is 0.166. The highest BCUT2D eigenvalue weighted by Gasteiger charge is 2.21. The number of ether oxygens (including phenoxy) is 1. The van der Waals surface area contributed by atoms with Gasteiger partial charge in [-0.3, -0.25) is 5.32 Å². The molecule has 2 N–H and O–H groups in total. The van der Waals surface area contributed by atoms with E-state index in [9.17, 15) is 0 Å². The lowest BCUT2D eigenvalue weighted by Crippen LogP contribution is -2.34. The van der Waals surface area contributed by atoms with Crippen molar-refractivity contribution in [1.82, 2.24) is 10.6 Å². The minimum absolute atomic E-state index is 0.166. The summed E-state index contributed by atoms with van der Waals surface area (Å²) in [6.07, 6.45) is 3.47. The molecule has 0 bridgehead atoms. The maximum absolute atomic E-state index is 5.27. The highest BCUT2D eigenvalue weighted by molar-refractivity contribution is 5.10. The first-order valence-corrected chi connectivity index (χ1v) is 3.26. The van der Waals surface area contributed by atoms with Crippen molar-refractivity contribution in [3.63, 3.8) is 0 Å². The third-order valence-electron chi connectivity index (χ3n) is 1.65. The van der Waals surface area contributed by atoms with E-state index in [0.717, 1.165) is 13.0 Å². The molecule has 9 heavy (non-hydrogen) atoms. The molecule has 0 radical (unpaired) electrons. The van der Waals surface area contributed by atoms with Crippen molar-refractivity contribution >= 4 is 0 Å². The predicted octanol–water partition coefficient (Wildman–Crippen LogP) is -0.233.